The molecule has 3 N–H and O–H groups in total. The number of carboxylic acids is 1. The van der Waals surface area contributed by atoms with E-state index >= 15 is 0 Å². The molecular weight excluding hydrogens is 277 g/mol. The lowest BCUT2D eigenvalue weighted by atomic mass is 10.1. The van der Waals surface area contributed by atoms with Crippen molar-refractivity contribution in [2.24, 2.45) is 0 Å². The number of rotatable bonds is 4. The van der Waals surface area contributed by atoms with Gasteiger partial charge < -0.3 is 15.5 Å². The second kappa shape index (κ2) is 6.04. The molecule has 5 nitrogen and oxygen atoms in total. The number of carbonyl (C=O) groups is 2. The van der Waals surface area contributed by atoms with E-state index in [0.29, 0.717) is 5.56 Å². The number of carbonyl (C=O) groups excluding carboxylic acids is 1. The summed E-state index contributed by atoms with van der Waals surface area (Å²) in [5, 5.41) is 20.8. The van der Waals surface area contributed by atoms with E-state index in [2.05, 4.69) is 5.32 Å². The SMILES string of the molecule is O=C(O)c1ccc(CNC(=O)c2ccc(F)cc2O)cc1. The molecule has 1 amide bonds. The number of halogens is 1. The van der Waals surface area contributed by atoms with Crippen LogP contribution in [0.1, 0.15) is 26.3 Å². The number of phenols is 1. The van der Waals surface area contributed by atoms with Gasteiger partial charge in [-0.05, 0) is 29.8 Å². The summed E-state index contributed by atoms with van der Waals surface area (Å²) >= 11 is 0. The second-order valence-corrected chi connectivity index (χ2v) is 4.35. The van der Waals surface area contributed by atoms with Gasteiger partial charge in [-0.3, -0.25) is 4.79 Å². The Morgan fingerprint density at radius 3 is 2.33 bits per heavy atom. The van der Waals surface area contributed by atoms with Gasteiger partial charge in [-0.1, -0.05) is 12.1 Å². The molecule has 0 aliphatic heterocycles. The van der Waals surface area contributed by atoms with Gasteiger partial charge in [0.1, 0.15) is 11.6 Å². The summed E-state index contributed by atoms with van der Waals surface area (Å²) in [7, 11) is 0. The van der Waals surface area contributed by atoms with Gasteiger partial charge in [0.2, 0.25) is 0 Å². The first-order valence-electron chi connectivity index (χ1n) is 6.06. The van der Waals surface area contributed by atoms with Crippen molar-refractivity contribution < 1.29 is 24.2 Å². The van der Waals surface area contributed by atoms with Gasteiger partial charge in [0, 0.05) is 12.6 Å². The van der Waals surface area contributed by atoms with E-state index in [1.54, 1.807) is 12.1 Å². The summed E-state index contributed by atoms with van der Waals surface area (Å²) in [5.41, 5.74) is 0.828. The minimum atomic E-state index is -1.03. The van der Waals surface area contributed by atoms with Gasteiger partial charge in [-0.15, -0.1) is 0 Å². The maximum Gasteiger partial charge on any atom is 0.335 e. The Morgan fingerprint density at radius 2 is 1.76 bits per heavy atom. The van der Waals surface area contributed by atoms with Crippen molar-refractivity contribution in [3.63, 3.8) is 0 Å². The summed E-state index contributed by atoms with van der Waals surface area (Å²) in [6, 6.07) is 9.14. The van der Waals surface area contributed by atoms with Crippen molar-refractivity contribution in [3.8, 4) is 5.75 Å². The van der Waals surface area contributed by atoms with Crippen LogP contribution in [0.4, 0.5) is 4.39 Å². The number of phenolic OH excluding ortho intramolecular Hbond substituents is 1. The van der Waals surface area contributed by atoms with E-state index in [1.165, 1.54) is 18.2 Å². The van der Waals surface area contributed by atoms with E-state index in [1.807, 2.05) is 0 Å². The fourth-order valence-electron chi connectivity index (χ4n) is 1.74. The lowest BCUT2D eigenvalue weighted by Gasteiger charge is -2.07. The zero-order chi connectivity index (χ0) is 15.4. The zero-order valence-corrected chi connectivity index (χ0v) is 10.8. The normalized spacial score (nSPS) is 10.1. The molecule has 0 aliphatic rings. The molecule has 6 heteroatoms. The van der Waals surface area contributed by atoms with Gasteiger partial charge in [0.15, 0.2) is 0 Å². The Bertz CT molecular complexity index is 683. The van der Waals surface area contributed by atoms with Crippen LogP contribution in [-0.4, -0.2) is 22.1 Å². The standard InChI is InChI=1S/C15H12FNO4/c16-11-5-6-12(13(18)7-11)14(19)17-8-9-1-3-10(4-2-9)15(20)21/h1-7,18H,8H2,(H,17,19)(H,20,21). The van der Waals surface area contributed by atoms with Gasteiger partial charge in [-0.2, -0.15) is 0 Å². The van der Waals surface area contributed by atoms with Crippen LogP contribution in [0.2, 0.25) is 0 Å². The third-order valence-corrected chi connectivity index (χ3v) is 2.86. The molecule has 0 fully saturated rings. The fraction of sp³-hybridized carbons (Fsp3) is 0.0667. The number of aromatic carboxylic acids is 1. The average molecular weight is 289 g/mol. The highest BCUT2D eigenvalue weighted by Gasteiger charge is 2.11. The lowest BCUT2D eigenvalue weighted by molar-refractivity contribution is 0.0696. The molecule has 0 spiro atoms. The summed E-state index contributed by atoms with van der Waals surface area (Å²) in [6.45, 7) is 0.162. The van der Waals surface area contributed by atoms with Crippen LogP contribution in [0, 0.1) is 5.82 Å². The fourth-order valence-corrected chi connectivity index (χ4v) is 1.74. The number of aromatic hydroxyl groups is 1. The van der Waals surface area contributed by atoms with E-state index < -0.39 is 23.4 Å². The van der Waals surface area contributed by atoms with Gasteiger partial charge in [0.25, 0.3) is 5.91 Å². The summed E-state index contributed by atoms with van der Waals surface area (Å²) in [4.78, 5) is 22.5. The highest BCUT2D eigenvalue weighted by molar-refractivity contribution is 5.96. The number of carboxylic acid groups (broad SMARTS) is 1. The van der Waals surface area contributed by atoms with Crippen LogP contribution in [0.5, 0.6) is 5.75 Å². The molecular formula is C15H12FNO4. The lowest BCUT2D eigenvalue weighted by Crippen LogP contribution is -2.22. The van der Waals surface area contributed by atoms with Crippen molar-refractivity contribution in [2.45, 2.75) is 6.54 Å². The summed E-state index contributed by atoms with van der Waals surface area (Å²) in [5.74, 6) is -2.64. The highest BCUT2D eigenvalue weighted by atomic mass is 19.1. The number of amides is 1. The second-order valence-electron chi connectivity index (χ2n) is 4.35. The van der Waals surface area contributed by atoms with Crippen LogP contribution < -0.4 is 5.32 Å². The molecule has 0 saturated heterocycles. The number of nitrogens with one attached hydrogen (secondary N) is 1. The maximum atomic E-state index is 12.8. The molecule has 2 rings (SSSR count). The summed E-state index contributed by atoms with van der Waals surface area (Å²) < 4.78 is 12.8. The van der Waals surface area contributed by atoms with Crippen molar-refractivity contribution in [1.29, 1.82) is 0 Å². The first-order valence-corrected chi connectivity index (χ1v) is 6.06. The predicted molar refractivity (Wildman–Crippen MR) is 72.6 cm³/mol. The van der Waals surface area contributed by atoms with Crippen LogP contribution >= 0.6 is 0 Å². The Morgan fingerprint density at radius 1 is 1.10 bits per heavy atom. The maximum absolute atomic E-state index is 12.8. The molecule has 2 aromatic rings. The monoisotopic (exact) mass is 289 g/mol. The molecule has 0 saturated carbocycles. The van der Waals surface area contributed by atoms with E-state index in [0.717, 1.165) is 12.1 Å². The third kappa shape index (κ3) is 3.56. The van der Waals surface area contributed by atoms with Crippen molar-refractivity contribution in [1.82, 2.24) is 5.32 Å². The highest BCUT2D eigenvalue weighted by Crippen LogP contribution is 2.17. The Kier molecular flexibility index (Phi) is 4.18. The molecule has 21 heavy (non-hydrogen) atoms. The molecule has 0 radical (unpaired) electrons. The first kappa shape index (κ1) is 14.5. The van der Waals surface area contributed by atoms with Crippen LogP contribution in [-0.2, 0) is 6.54 Å². The van der Waals surface area contributed by atoms with E-state index in [-0.39, 0.29) is 17.7 Å². The summed E-state index contributed by atoms with van der Waals surface area (Å²) in [6.07, 6.45) is 0. The van der Waals surface area contributed by atoms with Crippen molar-refractivity contribution >= 4 is 11.9 Å². The molecule has 0 aliphatic carbocycles. The largest absolute Gasteiger partial charge is 0.507 e. The minimum absolute atomic E-state index is 0.0291. The molecule has 0 heterocycles. The van der Waals surface area contributed by atoms with E-state index in [9.17, 15) is 19.1 Å². The Hall–Kier alpha value is -2.89. The van der Waals surface area contributed by atoms with Gasteiger partial charge in [-0.25, -0.2) is 9.18 Å². The molecule has 0 bridgehead atoms. The van der Waals surface area contributed by atoms with Crippen LogP contribution in [0.15, 0.2) is 42.5 Å². The smallest absolute Gasteiger partial charge is 0.335 e. The minimum Gasteiger partial charge on any atom is -0.507 e. The Labute approximate surface area is 119 Å². The third-order valence-electron chi connectivity index (χ3n) is 2.86. The van der Waals surface area contributed by atoms with Gasteiger partial charge >= 0.3 is 5.97 Å². The molecule has 0 atom stereocenters. The number of hydrogen-bond donors (Lipinski definition) is 3. The zero-order valence-electron chi connectivity index (χ0n) is 10.8. The number of benzene rings is 2. The van der Waals surface area contributed by atoms with Crippen molar-refractivity contribution in [2.75, 3.05) is 0 Å². The van der Waals surface area contributed by atoms with Crippen molar-refractivity contribution in [3.05, 3.63) is 65.0 Å². The molecule has 0 aromatic heterocycles. The quantitative estimate of drug-likeness (QED) is 0.805. The molecule has 2 aromatic carbocycles. The van der Waals surface area contributed by atoms with Crippen LogP contribution in [0.25, 0.3) is 0 Å². The first-order chi connectivity index (χ1) is 9.97. The van der Waals surface area contributed by atoms with E-state index in [4.69, 9.17) is 5.11 Å². The predicted octanol–water partition coefficient (Wildman–Crippen LogP) is 2.16. The average Bonchev–Trinajstić information content (AvgIpc) is 2.45. The topological polar surface area (TPSA) is 86.6 Å². The van der Waals surface area contributed by atoms with Crippen LogP contribution in [0.3, 0.4) is 0 Å². The number of hydrogen-bond acceptors (Lipinski definition) is 3. The molecule has 108 valence electrons. The van der Waals surface area contributed by atoms with Gasteiger partial charge in [0.05, 0.1) is 11.1 Å². The Balaban J connectivity index is 2.02. The molecule has 0 unspecified atom stereocenters.